The van der Waals surface area contributed by atoms with Gasteiger partial charge in [0, 0.05) is 11.6 Å². The first-order valence-corrected chi connectivity index (χ1v) is 7.98. The van der Waals surface area contributed by atoms with Gasteiger partial charge in [0.25, 0.3) is 0 Å². The molecule has 0 amide bonds. The van der Waals surface area contributed by atoms with E-state index in [9.17, 15) is 0 Å². The SMILES string of the molecule is Clc1cc(Cl)c(NC2CCNCc3ccccc32)c(Cl)c1. The molecule has 110 valence electrons. The van der Waals surface area contributed by atoms with Crippen LogP contribution in [0.25, 0.3) is 0 Å². The third-order valence-corrected chi connectivity index (χ3v) is 4.50. The Balaban J connectivity index is 1.95. The molecule has 2 aromatic carbocycles. The lowest BCUT2D eigenvalue weighted by molar-refractivity contribution is 0.637. The molecule has 5 heteroatoms. The maximum atomic E-state index is 6.27. The lowest BCUT2D eigenvalue weighted by Gasteiger charge is -2.22. The largest absolute Gasteiger partial charge is 0.376 e. The second-order valence-electron chi connectivity index (χ2n) is 5.11. The van der Waals surface area contributed by atoms with Gasteiger partial charge in [-0.1, -0.05) is 59.1 Å². The molecule has 2 aromatic rings. The molecule has 21 heavy (non-hydrogen) atoms. The van der Waals surface area contributed by atoms with Crippen LogP contribution >= 0.6 is 34.8 Å². The minimum Gasteiger partial charge on any atom is -0.376 e. The Bertz CT molecular complexity index is 635. The number of anilines is 1. The quantitative estimate of drug-likeness (QED) is 0.775. The molecular weight excluding hydrogens is 327 g/mol. The van der Waals surface area contributed by atoms with Gasteiger partial charge >= 0.3 is 0 Å². The standard InChI is InChI=1S/C16H15Cl3N2/c17-11-7-13(18)16(14(19)8-11)21-15-5-6-20-9-10-3-1-2-4-12(10)15/h1-4,7-8,15,20-21H,5-6,9H2. The van der Waals surface area contributed by atoms with Gasteiger partial charge in [0.1, 0.15) is 0 Å². The summed E-state index contributed by atoms with van der Waals surface area (Å²) in [6.07, 6.45) is 0.965. The van der Waals surface area contributed by atoms with Gasteiger partial charge < -0.3 is 10.6 Å². The molecule has 0 saturated heterocycles. The highest BCUT2D eigenvalue weighted by molar-refractivity contribution is 6.41. The summed E-state index contributed by atoms with van der Waals surface area (Å²) in [5.74, 6) is 0. The van der Waals surface area contributed by atoms with Gasteiger partial charge in [-0.25, -0.2) is 0 Å². The van der Waals surface area contributed by atoms with E-state index in [1.54, 1.807) is 12.1 Å². The van der Waals surface area contributed by atoms with Crippen molar-refractivity contribution < 1.29 is 0 Å². The summed E-state index contributed by atoms with van der Waals surface area (Å²) in [6, 6.07) is 12.0. The van der Waals surface area contributed by atoms with Crippen LogP contribution in [0.2, 0.25) is 15.1 Å². The molecule has 0 aliphatic carbocycles. The minimum atomic E-state index is 0.173. The monoisotopic (exact) mass is 340 g/mol. The van der Waals surface area contributed by atoms with Crippen molar-refractivity contribution in [1.29, 1.82) is 0 Å². The average molecular weight is 342 g/mol. The highest BCUT2D eigenvalue weighted by Gasteiger charge is 2.20. The number of benzene rings is 2. The summed E-state index contributed by atoms with van der Waals surface area (Å²) in [7, 11) is 0. The van der Waals surface area contributed by atoms with Crippen LogP contribution in [0.3, 0.4) is 0 Å². The van der Waals surface area contributed by atoms with Crippen LogP contribution in [0.1, 0.15) is 23.6 Å². The molecule has 1 atom stereocenters. The highest BCUT2D eigenvalue weighted by Crippen LogP contribution is 2.37. The predicted molar refractivity (Wildman–Crippen MR) is 90.6 cm³/mol. The first kappa shape index (κ1) is 15.0. The summed E-state index contributed by atoms with van der Waals surface area (Å²) in [5, 5.41) is 8.54. The van der Waals surface area contributed by atoms with Crippen molar-refractivity contribution in [2.75, 3.05) is 11.9 Å². The van der Waals surface area contributed by atoms with E-state index in [0.29, 0.717) is 15.1 Å². The van der Waals surface area contributed by atoms with Crippen molar-refractivity contribution in [2.24, 2.45) is 0 Å². The first-order chi connectivity index (χ1) is 10.1. The van der Waals surface area contributed by atoms with Crippen LogP contribution in [-0.4, -0.2) is 6.54 Å². The van der Waals surface area contributed by atoms with Gasteiger partial charge in [-0.05, 0) is 36.2 Å². The molecule has 0 spiro atoms. The molecule has 1 aliphatic heterocycles. The molecule has 0 saturated carbocycles. The van der Waals surface area contributed by atoms with Gasteiger partial charge in [-0.3, -0.25) is 0 Å². The molecule has 0 fully saturated rings. The lowest BCUT2D eigenvalue weighted by atomic mass is 9.99. The van der Waals surface area contributed by atoms with Crippen LogP contribution in [0, 0.1) is 0 Å². The second-order valence-corrected chi connectivity index (χ2v) is 6.36. The van der Waals surface area contributed by atoms with Gasteiger partial charge in [0.15, 0.2) is 0 Å². The highest BCUT2D eigenvalue weighted by atomic mass is 35.5. The van der Waals surface area contributed by atoms with E-state index < -0.39 is 0 Å². The van der Waals surface area contributed by atoms with Crippen LogP contribution in [0.4, 0.5) is 5.69 Å². The molecule has 1 aliphatic rings. The molecule has 2 N–H and O–H groups in total. The summed E-state index contributed by atoms with van der Waals surface area (Å²) >= 11 is 18.5. The Morgan fingerprint density at radius 3 is 2.52 bits per heavy atom. The fourth-order valence-corrected chi connectivity index (χ4v) is 3.59. The van der Waals surface area contributed by atoms with Crippen LogP contribution in [0.15, 0.2) is 36.4 Å². The van der Waals surface area contributed by atoms with Gasteiger partial charge in [0.2, 0.25) is 0 Å². The number of fused-ring (bicyclic) bond motifs is 1. The third-order valence-electron chi connectivity index (χ3n) is 3.68. The predicted octanol–water partition coefficient (Wildman–Crippen LogP) is 5.29. The zero-order valence-corrected chi connectivity index (χ0v) is 13.6. The fraction of sp³-hybridized carbons (Fsp3) is 0.250. The Hall–Kier alpha value is -0.930. The zero-order valence-electron chi connectivity index (χ0n) is 11.3. The number of nitrogens with one attached hydrogen (secondary N) is 2. The summed E-state index contributed by atoms with van der Waals surface area (Å²) in [4.78, 5) is 0. The lowest BCUT2D eigenvalue weighted by Crippen LogP contribution is -2.15. The van der Waals surface area contributed by atoms with E-state index in [4.69, 9.17) is 34.8 Å². The van der Waals surface area contributed by atoms with E-state index in [1.807, 2.05) is 0 Å². The molecule has 1 heterocycles. The van der Waals surface area contributed by atoms with Crippen molar-refractivity contribution in [3.05, 3.63) is 62.6 Å². The number of halogens is 3. The smallest absolute Gasteiger partial charge is 0.0724 e. The Morgan fingerprint density at radius 1 is 1.05 bits per heavy atom. The number of hydrogen-bond acceptors (Lipinski definition) is 2. The van der Waals surface area contributed by atoms with E-state index in [-0.39, 0.29) is 6.04 Å². The molecular formula is C16H15Cl3N2. The van der Waals surface area contributed by atoms with Gasteiger partial charge in [0.05, 0.1) is 21.8 Å². The summed E-state index contributed by atoms with van der Waals surface area (Å²) in [6.45, 7) is 1.83. The third kappa shape index (κ3) is 3.29. The van der Waals surface area contributed by atoms with Crippen molar-refractivity contribution in [3.63, 3.8) is 0 Å². The van der Waals surface area contributed by atoms with Crippen LogP contribution < -0.4 is 10.6 Å². The van der Waals surface area contributed by atoms with Gasteiger partial charge in [-0.2, -0.15) is 0 Å². The Kier molecular flexibility index (Phi) is 4.60. The second kappa shape index (κ2) is 6.45. The maximum absolute atomic E-state index is 6.27. The van der Waals surface area contributed by atoms with E-state index in [2.05, 4.69) is 34.9 Å². The molecule has 0 bridgehead atoms. The molecule has 3 rings (SSSR count). The maximum Gasteiger partial charge on any atom is 0.0724 e. The van der Waals surface area contributed by atoms with Crippen LogP contribution in [-0.2, 0) is 6.54 Å². The topological polar surface area (TPSA) is 24.1 Å². The first-order valence-electron chi connectivity index (χ1n) is 6.85. The molecule has 0 aromatic heterocycles. The normalized spacial score (nSPS) is 18.0. The molecule has 2 nitrogen and oxygen atoms in total. The van der Waals surface area contributed by atoms with Crippen molar-refractivity contribution in [2.45, 2.75) is 19.0 Å². The minimum absolute atomic E-state index is 0.173. The van der Waals surface area contributed by atoms with Crippen molar-refractivity contribution >= 4 is 40.5 Å². The average Bonchev–Trinajstić information content (AvgIpc) is 2.65. The van der Waals surface area contributed by atoms with E-state index in [1.165, 1.54) is 11.1 Å². The van der Waals surface area contributed by atoms with Crippen molar-refractivity contribution in [3.8, 4) is 0 Å². The van der Waals surface area contributed by atoms with Gasteiger partial charge in [-0.15, -0.1) is 0 Å². The fourth-order valence-electron chi connectivity index (χ4n) is 2.66. The summed E-state index contributed by atoms with van der Waals surface area (Å²) in [5.41, 5.74) is 3.32. The number of rotatable bonds is 2. The zero-order chi connectivity index (χ0) is 14.8. The Morgan fingerprint density at radius 2 is 1.76 bits per heavy atom. The molecule has 1 unspecified atom stereocenters. The Labute approximate surface area is 139 Å². The molecule has 0 radical (unpaired) electrons. The van der Waals surface area contributed by atoms with Crippen molar-refractivity contribution in [1.82, 2.24) is 5.32 Å². The van der Waals surface area contributed by atoms with E-state index in [0.717, 1.165) is 25.2 Å². The van der Waals surface area contributed by atoms with Crippen LogP contribution in [0.5, 0.6) is 0 Å². The summed E-state index contributed by atoms with van der Waals surface area (Å²) < 4.78 is 0. The number of hydrogen-bond donors (Lipinski definition) is 2. The van der Waals surface area contributed by atoms with E-state index >= 15 is 0 Å².